The molecule has 0 aliphatic carbocycles. The van der Waals surface area contributed by atoms with Gasteiger partial charge in [-0.3, -0.25) is 9.59 Å². The Balaban J connectivity index is 1.38. The molecular formula is C20H18N4O5. The maximum atomic E-state index is 12.5. The molecule has 2 amide bonds. The molecule has 3 aromatic rings. The SMILES string of the molecule is Cc1nc(COc2ccc(C(=O)Nc3ccc4c(c3)NC(=O)C(C)O4)cc2)no1. The first-order valence-corrected chi connectivity index (χ1v) is 8.93. The molecule has 0 spiro atoms. The number of amides is 2. The Labute approximate surface area is 166 Å². The monoisotopic (exact) mass is 394 g/mol. The van der Waals surface area contributed by atoms with Gasteiger partial charge >= 0.3 is 0 Å². The maximum Gasteiger partial charge on any atom is 0.265 e. The molecule has 2 heterocycles. The van der Waals surface area contributed by atoms with Gasteiger partial charge in [0.1, 0.15) is 11.5 Å². The Hall–Kier alpha value is -3.88. The van der Waals surface area contributed by atoms with Crippen molar-refractivity contribution in [3.63, 3.8) is 0 Å². The number of aromatic nitrogens is 2. The van der Waals surface area contributed by atoms with E-state index in [-0.39, 0.29) is 18.4 Å². The highest BCUT2D eigenvalue weighted by molar-refractivity contribution is 6.05. The molecular weight excluding hydrogens is 376 g/mol. The minimum absolute atomic E-state index is 0.171. The third-order valence-corrected chi connectivity index (χ3v) is 4.22. The van der Waals surface area contributed by atoms with Crippen LogP contribution in [0.2, 0.25) is 0 Å². The quantitative estimate of drug-likeness (QED) is 0.683. The molecule has 1 unspecified atom stereocenters. The lowest BCUT2D eigenvalue weighted by atomic mass is 10.1. The largest absolute Gasteiger partial charge is 0.485 e. The van der Waals surface area contributed by atoms with Crippen LogP contribution in [0.25, 0.3) is 0 Å². The van der Waals surface area contributed by atoms with E-state index in [9.17, 15) is 9.59 Å². The van der Waals surface area contributed by atoms with Crippen LogP contribution in [-0.2, 0) is 11.4 Å². The normalized spacial score (nSPS) is 15.1. The summed E-state index contributed by atoms with van der Waals surface area (Å²) in [5.41, 5.74) is 1.52. The highest BCUT2D eigenvalue weighted by Crippen LogP contribution is 2.32. The molecule has 148 valence electrons. The van der Waals surface area contributed by atoms with Gasteiger partial charge in [0.05, 0.1) is 5.69 Å². The van der Waals surface area contributed by atoms with Gasteiger partial charge in [-0.1, -0.05) is 5.16 Å². The van der Waals surface area contributed by atoms with E-state index in [0.29, 0.717) is 40.2 Å². The molecule has 9 nitrogen and oxygen atoms in total. The number of carbonyl (C=O) groups is 2. The van der Waals surface area contributed by atoms with E-state index in [1.807, 2.05) is 0 Å². The van der Waals surface area contributed by atoms with Gasteiger partial charge in [0.15, 0.2) is 12.7 Å². The van der Waals surface area contributed by atoms with Crippen molar-refractivity contribution in [1.29, 1.82) is 0 Å². The Morgan fingerprint density at radius 3 is 2.76 bits per heavy atom. The molecule has 1 aromatic heterocycles. The fraction of sp³-hybridized carbons (Fsp3) is 0.200. The van der Waals surface area contributed by atoms with Crippen LogP contribution in [0.3, 0.4) is 0 Å². The van der Waals surface area contributed by atoms with Gasteiger partial charge in [0.25, 0.3) is 11.8 Å². The van der Waals surface area contributed by atoms with E-state index < -0.39 is 6.10 Å². The van der Waals surface area contributed by atoms with E-state index in [1.54, 1.807) is 56.3 Å². The van der Waals surface area contributed by atoms with Gasteiger partial charge in [0.2, 0.25) is 11.7 Å². The molecule has 2 N–H and O–H groups in total. The van der Waals surface area contributed by atoms with Gasteiger partial charge in [-0.05, 0) is 49.4 Å². The van der Waals surface area contributed by atoms with Crippen molar-refractivity contribution < 1.29 is 23.6 Å². The molecule has 29 heavy (non-hydrogen) atoms. The summed E-state index contributed by atoms with van der Waals surface area (Å²) < 4.78 is 16.0. The number of hydrogen-bond acceptors (Lipinski definition) is 7. The summed E-state index contributed by atoms with van der Waals surface area (Å²) in [5.74, 6) is 1.54. The zero-order chi connectivity index (χ0) is 20.4. The maximum absolute atomic E-state index is 12.5. The lowest BCUT2D eigenvalue weighted by Gasteiger charge is -2.23. The number of ether oxygens (including phenoxy) is 2. The average Bonchev–Trinajstić information content (AvgIpc) is 3.13. The number of nitrogens with one attached hydrogen (secondary N) is 2. The fourth-order valence-corrected chi connectivity index (χ4v) is 2.74. The van der Waals surface area contributed by atoms with Crippen LogP contribution in [0.5, 0.6) is 11.5 Å². The van der Waals surface area contributed by atoms with E-state index >= 15 is 0 Å². The Bertz CT molecular complexity index is 1060. The Morgan fingerprint density at radius 1 is 1.24 bits per heavy atom. The molecule has 4 rings (SSSR count). The summed E-state index contributed by atoms with van der Waals surface area (Å²) >= 11 is 0. The molecule has 0 bridgehead atoms. The zero-order valence-corrected chi connectivity index (χ0v) is 15.8. The van der Waals surface area contributed by atoms with Crippen molar-refractivity contribution in [1.82, 2.24) is 10.1 Å². The molecule has 1 atom stereocenters. The topological polar surface area (TPSA) is 116 Å². The molecule has 1 aliphatic heterocycles. The van der Waals surface area contributed by atoms with Crippen LogP contribution in [0.1, 0.15) is 29.0 Å². The predicted molar refractivity (Wildman–Crippen MR) is 103 cm³/mol. The van der Waals surface area contributed by atoms with Crippen LogP contribution < -0.4 is 20.1 Å². The fourth-order valence-electron chi connectivity index (χ4n) is 2.74. The van der Waals surface area contributed by atoms with Crippen molar-refractivity contribution in [3.8, 4) is 11.5 Å². The van der Waals surface area contributed by atoms with Gasteiger partial charge in [-0.25, -0.2) is 0 Å². The number of nitrogens with zero attached hydrogens (tertiary/aromatic N) is 2. The second-order valence-corrected chi connectivity index (χ2v) is 6.46. The number of rotatable bonds is 5. The van der Waals surface area contributed by atoms with Crippen LogP contribution in [0.15, 0.2) is 47.0 Å². The first kappa shape index (κ1) is 18.5. The van der Waals surface area contributed by atoms with Crippen molar-refractivity contribution in [2.75, 3.05) is 10.6 Å². The third-order valence-electron chi connectivity index (χ3n) is 4.22. The van der Waals surface area contributed by atoms with Crippen molar-refractivity contribution in [2.24, 2.45) is 0 Å². The van der Waals surface area contributed by atoms with Gasteiger partial charge in [-0.15, -0.1) is 0 Å². The van der Waals surface area contributed by atoms with Crippen LogP contribution in [-0.4, -0.2) is 28.1 Å². The first-order valence-electron chi connectivity index (χ1n) is 8.93. The standard InChI is InChI=1S/C20H18N4O5/c1-11-19(25)23-16-9-14(5-8-17(16)28-11)22-20(26)13-3-6-15(7-4-13)27-10-18-21-12(2)29-24-18/h3-9,11H,10H2,1-2H3,(H,22,26)(H,23,25). The number of anilines is 2. The second kappa shape index (κ2) is 7.63. The number of hydrogen-bond donors (Lipinski definition) is 2. The van der Waals surface area contributed by atoms with Gasteiger partial charge in [-0.2, -0.15) is 4.98 Å². The Kier molecular flexibility index (Phi) is 4.86. The van der Waals surface area contributed by atoms with Crippen LogP contribution in [0, 0.1) is 6.92 Å². The smallest absolute Gasteiger partial charge is 0.265 e. The number of aryl methyl sites for hydroxylation is 1. The second-order valence-electron chi connectivity index (χ2n) is 6.46. The lowest BCUT2D eigenvalue weighted by Crippen LogP contribution is -2.34. The van der Waals surface area contributed by atoms with Crippen LogP contribution >= 0.6 is 0 Å². The summed E-state index contributed by atoms with van der Waals surface area (Å²) in [7, 11) is 0. The minimum atomic E-state index is -0.548. The molecule has 0 saturated heterocycles. The zero-order valence-electron chi connectivity index (χ0n) is 15.8. The molecule has 1 aliphatic rings. The molecule has 2 aromatic carbocycles. The Morgan fingerprint density at radius 2 is 2.03 bits per heavy atom. The minimum Gasteiger partial charge on any atom is -0.485 e. The predicted octanol–water partition coefficient (Wildman–Crippen LogP) is 2.93. The highest BCUT2D eigenvalue weighted by atomic mass is 16.5. The molecule has 9 heteroatoms. The summed E-state index contributed by atoms with van der Waals surface area (Å²) in [6.07, 6.45) is -0.548. The van der Waals surface area contributed by atoms with Crippen molar-refractivity contribution in [2.45, 2.75) is 26.6 Å². The van der Waals surface area contributed by atoms with E-state index in [4.69, 9.17) is 14.0 Å². The first-order chi connectivity index (χ1) is 14.0. The molecule has 0 fully saturated rings. The van der Waals surface area contributed by atoms with E-state index in [2.05, 4.69) is 20.8 Å². The van der Waals surface area contributed by atoms with Crippen molar-refractivity contribution in [3.05, 3.63) is 59.7 Å². The average molecular weight is 394 g/mol. The van der Waals surface area contributed by atoms with E-state index in [1.165, 1.54) is 0 Å². The van der Waals surface area contributed by atoms with Crippen LogP contribution in [0.4, 0.5) is 11.4 Å². The van der Waals surface area contributed by atoms with Crippen molar-refractivity contribution >= 4 is 23.2 Å². The summed E-state index contributed by atoms with van der Waals surface area (Å²) in [6.45, 7) is 3.54. The summed E-state index contributed by atoms with van der Waals surface area (Å²) in [6, 6.07) is 11.7. The summed E-state index contributed by atoms with van der Waals surface area (Å²) in [5, 5.41) is 9.30. The molecule has 0 saturated carbocycles. The number of fused-ring (bicyclic) bond motifs is 1. The van der Waals surface area contributed by atoms with E-state index in [0.717, 1.165) is 0 Å². The number of carbonyl (C=O) groups excluding carboxylic acids is 2. The third kappa shape index (κ3) is 4.18. The summed E-state index contributed by atoms with van der Waals surface area (Å²) in [4.78, 5) is 28.3. The number of benzene rings is 2. The highest BCUT2D eigenvalue weighted by Gasteiger charge is 2.23. The van der Waals surface area contributed by atoms with Gasteiger partial charge in [0, 0.05) is 18.2 Å². The van der Waals surface area contributed by atoms with Gasteiger partial charge < -0.3 is 24.6 Å². The lowest BCUT2D eigenvalue weighted by molar-refractivity contribution is -0.122. The molecule has 0 radical (unpaired) electrons.